The Labute approximate surface area is 121 Å². The van der Waals surface area contributed by atoms with Crippen molar-refractivity contribution in [3.63, 3.8) is 0 Å². The van der Waals surface area contributed by atoms with Gasteiger partial charge in [-0.2, -0.15) is 0 Å². The fraction of sp³-hybridized carbons (Fsp3) is 0.500. The summed E-state index contributed by atoms with van der Waals surface area (Å²) < 4.78 is 11.2. The molecule has 1 heterocycles. The van der Waals surface area contributed by atoms with E-state index in [1.807, 2.05) is 6.07 Å². The van der Waals surface area contributed by atoms with Gasteiger partial charge < -0.3 is 9.47 Å². The summed E-state index contributed by atoms with van der Waals surface area (Å²) in [5.41, 5.74) is 0.494. The van der Waals surface area contributed by atoms with Gasteiger partial charge in [0.05, 0.1) is 12.7 Å². The highest BCUT2D eigenvalue weighted by atomic mass is 79.9. The minimum absolute atomic E-state index is 0.356. The van der Waals surface area contributed by atoms with Crippen molar-refractivity contribution in [2.45, 2.75) is 12.8 Å². The van der Waals surface area contributed by atoms with Crippen molar-refractivity contribution in [3.05, 3.63) is 28.2 Å². The van der Waals surface area contributed by atoms with Gasteiger partial charge in [-0.25, -0.2) is 4.79 Å². The number of likely N-dealkylation sites (tertiary alicyclic amines) is 1. The van der Waals surface area contributed by atoms with Gasteiger partial charge in [-0.1, -0.05) is 15.9 Å². The lowest BCUT2D eigenvalue weighted by Gasteiger charge is -2.15. The Morgan fingerprint density at radius 3 is 2.74 bits per heavy atom. The molecule has 0 aliphatic carbocycles. The molecular formula is C14H18BrNO3. The first-order valence-electron chi connectivity index (χ1n) is 6.43. The highest BCUT2D eigenvalue weighted by molar-refractivity contribution is 9.10. The predicted molar refractivity (Wildman–Crippen MR) is 76.7 cm³/mol. The lowest BCUT2D eigenvalue weighted by Crippen LogP contribution is -2.25. The van der Waals surface area contributed by atoms with Gasteiger partial charge in [-0.15, -0.1) is 0 Å². The van der Waals surface area contributed by atoms with Gasteiger partial charge in [-0.05, 0) is 44.1 Å². The van der Waals surface area contributed by atoms with Crippen molar-refractivity contribution in [2.75, 3.05) is 33.4 Å². The van der Waals surface area contributed by atoms with Crippen molar-refractivity contribution >= 4 is 21.9 Å². The number of hydrogen-bond acceptors (Lipinski definition) is 4. The van der Waals surface area contributed by atoms with Crippen LogP contribution in [-0.2, 0) is 4.74 Å². The molecular weight excluding hydrogens is 310 g/mol. The summed E-state index contributed by atoms with van der Waals surface area (Å²) >= 11 is 3.37. The lowest BCUT2D eigenvalue weighted by molar-refractivity contribution is 0.0600. The van der Waals surface area contributed by atoms with Gasteiger partial charge in [0.15, 0.2) is 0 Å². The van der Waals surface area contributed by atoms with Crippen LogP contribution in [0, 0.1) is 0 Å². The number of rotatable bonds is 5. The van der Waals surface area contributed by atoms with Crippen molar-refractivity contribution < 1.29 is 14.3 Å². The molecule has 5 heteroatoms. The number of esters is 1. The molecule has 4 nitrogen and oxygen atoms in total. The third-order valence-electron chi connectivity index (χ3n) is 3.17. The van der Waals surface area contributed by atoms with Gasteiger partial charge in [0.25, 0.3) is 0 Å². The van der Waals surface area contributed by atoms with E-state index in [1.165, 1.54) is 20.0 Å². The molecule has 0 N–H and O–H groups in total. The van der Waals surface area contributed by atoms with Gasteiger partial charge in [0, 0.05) is 11.0 Å². The Balaban J connectivity index is 1.91. The van der Waals surface area contributed by atoms with Crippen molar-refractivity contribution in [1.82, 2.24) is 4.90 Å². The van der Waals surface area contributed by atoms with Crippen LogP contribution in [0.2, 0.25) is 0 Å². The maximum Gasteiger partial charge on any atom is 0.338 e. The second kappa shape index (κ2) is 6.91. The van der Waals surface area contributed by atoms with E-state index in [9.17, 15) is 4.79 Å². The zero-order valence-electron chi connectivity index (χ0n) is 11.0. The van der Waals surface area contributed by atoms with E-state index in [0.717, 1.165) is 24.1 Å². The smallest absolute Gasteiger partial charge is 0.338 e. The standard InChI is InChI=1S/C14H18BrNO3/c1-18-14(17)11-8-12(15)10-13(9-11)19-7-6-16-4-2-3-5-16/h8-10H,2-7H2,1H3. The number of benzene rings is 1. The molecule has 1 aromatic carbocycles. The van der Waals surface area contributed by atoms with Crippen LogP contribution in [0.4, 0.5) is 0 Å². The normalized spacial score (nSPS) is 15.5. The molecule has 19 heavy (non-hydrogen) atoms. The van der Waals surface area contributed by atoms with Crippen molar-refractivity contribution in [1.29, 1.82) is 0 Å². The van der Waals surface area contributed by atoms with E-state index in [-0.39, 0.29) is 5.97 Å². The summed E-state index contributed by atoms with van der Waals surface area (Å²) in [6.07, 6.45) is 2.56. The van der Waals surface area contributed by atoms with Crippen molar-refractivity contribution in [2.24, 2.45) is 0 Å². The molecule has 1 aliphatic heterocycles. The quantitative estimate of drug-likeness (QED) is 0.779. The topological polar surface area (TPSA) is 38.8 Å². The first-order chi connectivity index (χ1) is 9.19. The largest absolute Gasteiger partial charge is 0.492 e. The minimum atomic E-state index is -0.356. The Bertz CT molecular complexity index is 444. The van der Waals surface area contributed by atoms with Crippen LogP contribution >= 0.6 is 15.9 Å². The third-order valence-corrected chi connectivity index (χ3v) is 3.63. The minimum Gasteiger partial charge on any atom is -0.492 e. The zero-order chi connectivity index (χ0) is 13.7. The SMILES string of the molecule is COC(=O)c1cc(Br)cc(OCCN2CCCC2)c1. The number of nitrogens with zero attached hydrogens (tertiary/aromatic N) is 1. The molecule has 104 valence electrons. The predicted octanol–water partition coefficient (Wildman–Crippen LogP) is 2.71. The number of halogens is 1. The van der Waals surface area contributed by atoms with Crippen LogP contribution < -0.4 is 4.74 Å². The Morgan fingerprint density at radius 1 is 1.32 bits per heavy atom. The fourth-order valence-corrected chi connectivity index (χ4v) is 2.65. The lowest BCUT2D eigenvalue weighted by atomic mass is 10.2. The molecule has 1 saturated heterocycles. The summed E-state index contributed by atoms with van der Waals surface area (Å²) in [5, 5.41) is 0. The number of ether oxygens (including phenoxy) is 2. The number of carbonyl (C=O) groups excluding carboxylic acids is 1. The second-order valence-electron chi connectivity index (χ2n) is 4.56. The molecule has 1 fully saturated rings. The van der Waals surface area contributed by atoms with Crippen LogP contribution in [0.5, 0.6) is 5.75 Å². The zero-order valence-corrected chi connectivity index (χ0v) is 12.6. The summed E-state index contributed by atoms with van der Waals surface area (Å²) in [5.74, 6) is 0.333. The number of hydrogen-bond donors (Lipinski definition) is 0. The van der Waals surface area contributed by atoms with E-state index in [4.69, 9.17) is 9.47 Å². The summed E-state index contributed by atoms with van der Waals surface area (Å²) in [6.45, 7) is 3.89. The van der Waals surface area contributed by atoms with E-state index >= 15 is 0 Å². The van der Waals surface area contributed by atoms with Crippen LogP contribution in [0.3, 0.4) is 0 Å². The van der Waals surface area contributed by atoms with E-state index < -0.39 is 0 Å². The molecule has 1 aliphatic rings. The Hall–Kier alpha value is -1.07. The molecule has 0 radical (unpaired) electrons. The average Bonchev–Trinajstić information content (AvgIpc) is 2.90. The molecule has 0 amide bonds. The number of carbonyl (C=O) groups is 1. The van der Waals surface area contributed by atoms with Crippen LogP contribution in [0.1, 0.15) is 23.2 Å². The molecule has 0 bridgehead atoms. The van der Waals surface area contributed by atoms with Gasteiger partial charge in [0.2, 0.25) is 0 Å². The first kappa shape index (κ1) is 14.3. The Kier molecular flexibility index (Phi) is 5.22. The van der Waals surface area contributed by atoms with Crippen LogP contribution in [0.15, 0.2) is 22.7 Å². The van der Waals surface area contributed by atoms with Crippen LogP contribution in [-0.4, -0.2) is 44.2 Å². The molecule has 0 unspecified atom stereocenters. The maximum absolute atomic E-state index is 11.5. The summed E-state index contributed by atoms with van der Waals surface area (Å²) in [6, 6.07) is 5.29. The monoisotopic (exact) mass is 327 g/mol. The molecule has 0 spiro atoms. The summed E-state index contributed by atoms with van der Waals surface area (Å²) in [4.78, 5) is 13.9. The third kappa shape index (κ3) is 4.21. The average molecular weight is 328 g/mol. The highest BCUT2D eigenvalue weighted by Gasteiger charge is 2.12. The molecule has 1 aromatic rings. The van der Waals surface area contributed by atoms with Crippen LogP contribution in [0.25, 0.3) is 0 Å². The second-order valence-corrected chi connectivity index (χ2v) is 5.48. The van der Waals surface area contributed by atoms with E-state index in [1.54, 1.807) is 12.1 Å². The fourth-order valence-electron chi connectivity index (χ4n) is 2.18. The van der Waals surface area contributed by atoms with Gasteiger partial charge >= 0.3 is 5.97 Å². The number of methoxy groups -OCH3 is 1. The van der Waals surface area contributed by atoms with Gasteiger partial charge in [-0.3, -0.25) is 4.90 Å². The molecule has 0 aromatic heterocycles. The highest BCUT2D eigenvalue weighted by Crippen LogP contribution is 2.22. The van der Waals surface area contributed by atoms with Crippen molar-refractivity contribution in [3.8, 4) is 5.75 Å². The van der Waals surface area contributed by atoms with Gasteiger partial charge in [0.1, 0.15) is 12.4 Å². The van der Waals surface area contributed by atoms with E-state index in [2.05, 4.69) is 20.8 Å². The summed E-state index contributed by atoms with van der Waals surface area (Å²) in [7, 11) is 1.37. The maximum atomic E-state index is 11.5. The molecule has 0 atom stereocenters. The molecule has 0 saturated carbocycles. The van der Waals surface area contributed by atoms with E-state index in [0.29, 0.717) is 17.9 Å². The Morgan fingerprint density at radius 2 is 2.05 bits per heavy atom. The molecule has 2 rings (SSSR count). The first-order valence-corrected chi connectivity index (χ1v) is 7.22.